The van der Waals surface area contributed by atoms with Crippen molar-refractivity contribution in [1.29, 1.82) is 0 Å². The summed E-state index contributed by atoms with van der Waals surface area (Å²) >= 11 is 0. The van der Waals surface area contributed by atoms with E-state index in [9.17, 15) is 6.48 Å². The molecule has 4 saturated carbocycles. The predicted octanol–water partition coefficient (Wildman–Crippen LogP) is 8.10. The molecular weight excluding hydrogens is 364 g/mol. The van der Waals surface area contributed by atoms with Crippen LogP contribution in [0.3, 0.4) is 0 Å². The minimum atomic E-state index is -0.818. The second-order valence-electron chi connectivity index (χ2n) is 12.4. The molecule has 0 spiro atoms. The summed E-state index contributed by atoms with van der Waals surface area (Å²) in [4.78, 5) is 0. The average molecular weight is 421 g/mol. The highest BCUT2D eigenvalue weighted by atomic mass is 16.3. The van der Waals surface area contributed by atoms with Crippen LogP contribution in [0.2, 0.25) is 0 Å². The van der Waals surface area contributed by atoms with Gasteiger partial charge in [0.2, 0.25) is 0 Å². The molecule has 1 nitrogen and oxygen atoms in total. The van der Waals surface area contributed by atoms with Crippen LogP contribution < -0.4 is 0 Å². The Morgan fingerprint density at radius 2 is 1.70 bits per heavy atom. The third kappa shape index (κ3) is 3.82. The number of fused-ring (bicyclic) bond motifs is 5. The lowest BCUT2D eigenvalue weighted by Gasteiger charge is -2.61. The van der Waals surface area contributed by atoms with E-state index in [4.69, 9.17) is 4.11 Å². The molecule has 174 valence electrons. The molecule has 0 amide bonds. The van der Waals surface area contributed by atoms with E-state index in [1.54, 1.807) is 0 Å². The van der Waals surface area contributed by atoms with Crippen molar-refractivity contribution in [2.24, 2.45) is 58.1 Å². The van der Waals surface area contributed by atoms with Gasteiger partial charge in [0.1, 0.15) is 0 Å². The van der Waals surface area contributed by atoms with Crippen molar-refractivity contribution < 1.29 is 10.6 Å². The molecule has 4 rings (SSSR count). The van der Waals surface area contributed by atoms with Gasteiger partial charge in [-0.05, 0) is 122 Å². The van der Waals surface area contributed by atoms with Gasteiger partial charge < -0.3 is 5.11 Å². The fraction of sp³-hybridized carbons (Fsp3) is 1.00. The monoisotopic (exact) mass is 420 g/mol. The number of hydrogen-bond acceptors (Lipinski definition) is 1. The van der Waals surface area contributed by atoms with Crippen LogP contribution in [0.5, 0.6) is 0 Å². The van der Waals surface area contributed by atoms with Gasteiger partial charge in [-0.25, -0.2) is 0 Å². The van der Waals surface area contributed by atoms with Crippen molar-refractivity contribution in [1.82, 2.24) is 0 Å². The molecule has 0 heterocycles. The zero-order valence-electron chi connectivity index (χ0n) is 24.7. The Balaban J connectivity index is 1.56. The summed E-state index contributed by atoms with van der Waals surface area (Å²) in [5.74, 6) is 2.23. The molecule has 30 heavy (non-hydrogen) atoms. The highest BCUT2D eigenvalue weighted by molar-refractivity contribution is 5.09. The molecule has 0 aromatic heterocycles. The van der Waals surface area contributed by atoms with Crippen LogP contribution in [0.4, 0.5) is 0 Å². The van der Waals surface area contributed by atoms with Gasteiger partial charge in [0.25, 0.3) is 0 Å². The van der Waals surface area contributed by atoms with Gasteiger partial charge in [-0.1, -0.05) is 54.4 Å². The molecule has 0 aromatic rings. The van der Waals surface area contributed by atoms with Crippen molar-refractivity contribution in [3.05, 3.63) is 0 Å². The first-order chi connectivity index (χ1) is 15.8. The molecule has 1 heteroatoms. The van der Waals surface area contributed by atoms with Gasteiger partial charge in [0.05, 0.1) is 6.10 Å². The third-order valence-corrected chi connectivity index (χ3v) is 10.8. The molecular formula is C29H52O. The van der Waals surface area contributed by atoms with Crippen LogP contribution in [0, 0.1) is 58.1 Å². The molecule has 0 bridgehead atoms. The Labute approximate surface area is 193 Å². The van der Waals surface area contributed by atoms with E-state index in [1.165, 1.54) is 12.8 Å². The summed E-state index contributed by atoms with van der Waals surface area (Å²) in [7, 11) is 0. The first kappa shape index (κ1) is 18.4. The molecule has 13 atom stereocenters. The summed E-state index contributed by atoms with van der Waals surface area (Å²) in [6.07, 6.45) is 7.13. The third-order valence-electron chi connectivity index (χ3n) is 10.8. The molecule has 1 N–H and O–H groups in total. The Morgan fingerprint density at radius 1 is 1.00 bits per heavy atom. The average Bonchev–Trinajstić information content (AvgIpc) is 3.12. The van der Waals surface area contributed by atoms with E-state index in [1.807, 2.05) is 0 Å². The largest absolute Gasteiger partial charge is 0.393 e. The van der Waals surface area contributed by atoms with Gasteiger partial charge in [0, 0.05) is 5.48 Å². The Kier molecular flexibility index (Phi) is 5.35. The van der Waals surface area contributed by atoms with Gasteiger partial charge >= 0.3 is 0 Å². The van der Waals surface area contributed by atoms with Crippen LogP contribution in [0.1, 0.15) is 124 Å². The number of hydrogen-bond donors (Lipinski definition) is 1. The molecule has 0 saturated heterocycles. The summed E-state index contributed by atoms with van der Waals surface area (Å²) in [5, 5.41) is 10.4. The summed E-state index contributed by atoms with van der Waals surface area (Å²) in [5.41, 5.74) is 0.0356. The van der Waals surface area contributed by atoms with Crippen molar-refractivity contribution >= 4 is 0 Å². The van der Waals surface area contributed by atoms with Crippen LogP contribution in [0.25, 0.3) is 0 Å². The highest BCUT2D eigenvalue weighted by Gasteiger charge is 2.60. The summed E-state index contributed by atoms with van der Waals surface area (Å²) < 4.78 is 36.5. The zero-order valence-corrected chi connectivity index (χ0v) is 20.7. The van der Waals surface area contributed by atoms with Crippen LogP contribution in [-0.2, 0) is 0 Å². The molecule has 3 unspecified atom stereocenters. The minimum Gasteiger partial charge on any atom is -0.393 e. The van der Waals surface area contributed by atoms with Crippen molar-refractivity contribution in [2.75, 3.05) is 0 Å². The SMILES string of the molecule is [2H]C(C([2H])[C@@H](C)[C@H]1CC[C@H]2[C@@H]3CC([2H])[C@@]4([2H])C[C@@H](O)CC[C@]4(C)[C@H]3CC[C@]12C)[C@@H](CC)C(C)C. The van der Waals surface area contributed by atoms with Crippen molar-refractivity contribution in [2.45, 2.75) is 125 Å². The fourth-order valence-corrected chi connectivity index (χ4v) is 8.83. The maximum atomic E-state index is 10.4. The minimum absolute atomic E-state index is 0.164. The number of aliphatic hydroxyl groups excluding tert-OH is 1. The fourth-order valence-electron chi connectivity index (χ4n) is 8.83. The van der Waals surface area contributed by atoms with E-state index < -0.39 is 18.4 Å². The lowest BCUT2D eigenvalue weighted by Crippen LogP contribution is -2.54. The molecule has 4 aliphatic carbocycles. The highest BCUT2D eigenvalue weighted by Crippen LogP contribution is 2.68. The second kappa shape index (κ2) is 8.72. The number of rotatable bonds is 6. The van der Waals surface area contributed by atoms with Gasteiger partial charge in [0.15, 0.2) is 0 Å². The smallest absolute Gasteiger partial charge is 0.0543 e. The normalized spacial score (nSPS) is 56.9. The quantitative estimate of drug-likeness (QED) is 0.460. The molecule has 0 aromatic carbocycles. The van der Waals surface area contributed by atoms with Crippen LogP contribution >= 0.6 is 0 Å². The predicted molar refractivity (Wildman–Crippen MR) is 128 cm³/mol. The molecule has 0 radical (unpaired) electrons. The second-order valence-corrected chi connectivity index (χ2v) is 12.4. The van der Waals surface area contributed by atoms with E-state index in [0.29, 0.717) is 41.9 Å². The standard InChI is InChI=1S/C29H52O/c1-7-21(19(2)3)9-8-20(4)25-12-13-26-24-11-10-22-18-23(30)14-16-28(22,5)27(24)15-17-29(25,26)6/h19-27,30H,7-18H2,1-6H3/t20-,21-,22+,23+,24+,25-,26+,27+,28+,29-/m1/s1/i8D,9D,10D,22D/t8?,9?,10?,20-,21-,22+,23+,24+,25-,26+,27+,28+,29-. The lowest BCUT2D eigenvalue weighted by molar-refractivity contribution is -0.129. The Morgan fingerprint density at radius 3 is 2.40 bits per heavy atom. The van der Waals surface area contributed by atoms with Gasteiger partial charge in [-0.2, -0.15) is 0 Å². The topological polar surface area (TPSA) is 20.2 Å². The zero-order chi connectivity index (χ0) is 25.2. The maximum absolute atomic E-state index is 10.4. The summed E-state index contributed by atoms with van der Waals surface area (Å²) in [6, 6.07) is 0. The maximum Gasteiger partial charge on any atom is 0.0543 e. The van der Waals surface area contributed by atoms with E-state index >= 15 is 0 Å². The molecule has 4 aliphatic rings. The molecule has 4 fully saturated rings. The first-order valence-electron chi connectivity index (χ1n) is 15.5. The Hall–Kier alpha value is -0.0400. The van der Waals surface area contributed by atoms with E-state index in [0.717, 1.165) is 38.5 Å². The first-order valence-corrected chi connectivity index (χ1v) is 13.3. The summed E-state index contributed by atoms with van der Waals surface area (Å²) in [6.45, 7) is 13.6. The number of aliphatic hydroxyl groups is 1. The van der Waals surface area contributed by atoms with Crippen LogP contribution in [0.15, 0.2) is 0 Å². The van der Waals surface area contributed by atoms with E-state index in [2.05, 4.69) is 41.5 Å². The van der Waals surface area contributed by atoms with Gasteiger partial charge in [-0.15, -0.1) is 0 Å². The van der Waals surface area contributed by atoms with E-state index in [-0.39, 0.29) is 29.5 Å². The molecule has 0 aliphatic heterocycles. The van der Waals surface area contributed by atoms with Gasteiger partial charge in [-0.3, -0.25) is 0 Å². The van der Waals surface area contributed by atoms with Crippen LogP contribution in [-0.4, -0.2) is 11.2 Å². The van der Waals surface area contributed by atoms with Crippen molar-refractivity contribution in [3.8, 4) is 0 Å². The van der Waals surface area contributed by atoms with Crippen molar-refractivity contribution in [3.63, 3.8) is 0 Å². The Bertz CT molecular complexity index is 731. The lowest BCUT2D eigenvalue weighted by atomic mass is 9.44.